The summed E-state index contributed by atoms with van der Waals surface area (Å²) in [5, 5.41) is 8.62. The molecular formula is C12H20N2OS. The molecule has 0 aliphatic carbocycles. The van der Waals surface area contributed by atoms with Gasteiger partial charge in [0, 0.05) is 12.6 Å². The molecule has 16 heavy (non-hydrogen) atoms. The van der Waals surface area contributed by atoms with Crippen LogP contribution in [0.5, 0.6) is 0 Å². The minimum atomic E-state index is -0.250. The maximum atomic E-state index is 12.4. The molecule has 0 saturated carbocycles. The van der Waals surface area contributed by atoms with Crippen molar-refractivity contribution in [1.82, 2.24) is 4.90 Å². The fourth-order valence-corrected chi connectivity index (χ4v) is 3.28. The lowest BCUT2D eigenvalue weighted by Gasteiger charge is -2.33. The largest absolute Gasteiger partial charge is 0.338 e. The first-order valence-corrected chi connectivity index (χ1v) is 6.82. The van der Waals surface area contributed by atoms with Crippen LogP contribution >= 0.6 is 11.8 Å². The van der Waals surface area contributed by atoms with Gasteiger partial charge in [0.15, 0.2) is 0 Å². The molecule has 0 aromatic rings. The number of hydrogen-bond acceptors (Lipinski definition) is 3. The van der Waals surface area contributed by atoms with Gasteiger partial charge in [-0.3, -0.25) is 4.79 Å². The maximum Gasteiger partial charge on any atom is 0.238 e. The summed E-state index contributed by atoms with van der Waals surface area (Å²) >= 11 is 1.76. The minimum Gasteiger partial charge on any atom is -0.338 e. The predicted molar refractivity (Wildman–Crippen MR) is 67.2 cm³/mol. The molecule has 3 nitrogen and oxygen atoms in total. The number of thioether (sulfide) groups is 1. The van der Waals surface area contributed by atoms with E-state index in [9.17, 15) is 4.79 Å². The molecule has 1 fully saturated rings. The van der Waals surface area contributed by atoms with Gasteiger partial charge < -0.3 is 4.90 Å². The van der Waals surface area contributed by atoms with E-state index >= 15 is 0 Å². The number of hydrogen-bond donors (Lipinski definition) is 0. The summed E-state index contributed by atoms with van der Waals surface area (Å²) in [6.07, 6.45) is 2.51. The van der Waals surface area contributed by atoms with Gasteiger partial charge in [0.1, 0.15) is 0 Å². The Balaban J connectivity index is 2.70. The molecule has 0 aromatic heterocycles. The van der Waals surface area contributed by atoms with Crippen LogP contribution in [0, 0.1) is 11.3 Å². The Bertz CT molecular complexity index is 290. The summed E-state index contributed by atoms with van der Waals surface area (Å²) in [6.45, 7) is 6.62. The number of nitriles is 1. The second-order valence-electron chi connectivity index (χ2n) is 4.68. The lowest BCUT2D eigenvalue weighted by Crippen LogP contribution is -2.47. The second kappa shape index (κ2) is 5.58. The Morgan fingerprint density at radius 2 is 2.31 bits per heavy atom. The highest BCUT2D eigenvalue weighted by Crippen LogP contribution is 2.39. The van der Waals surface area contributed by atoms with Crippen LogP contribution in [-0.2, 0) is 4.79 Å². The SMILES string of the molecule is CC(C)N(CCC#N)C(=O)C1(C)CCCS1. The fraction of sp³-hybridized carbons (Fsp3) is 0.833. The number of rotatable bonds is 4. The molecule has 0 bridgehead atoms. The van der Waals surface area contributed by atoms with Gasteiger partial charge in [0.05, 0.1) is 17.2 Å². The molecule has 0 spiro atoms. The topological polar surface area (TPSA) is 44.1 Å². The second-order valence-corrected chi connectivity index (χ2v) is 6.28. The Morgan fingerprint density at radius 1 is 1.62 bits per heavy atom. The number of nitrogens with zero attached hydrogens (tertiary/aromatic N) is 2. The molecule has 0 N–H and O–H groups in total. The van der Waals surface area contributed by atoms with Gasteiger partial charge in [-0.1, -0.05) is 0 Å². The van der Waals surface area contributed by atoms with Crippen molar-refractivity contribution >= 4 is 17.7 Å². The van der Waals surface area contributed by atoms with Gasteiger partial charge in [0.2, 0.25) is 5.91 Å². The van der Waals surface area contributed by atoms with Crippen molar-refractivity contribution in [2.45, 2.75) is 50.8 Å². The van der Waals surface area contributed by atoms with Crippen LogP contribution in [0.4, 0.5) is 0 Å². The Hall–Kier alpha value is -0.690. The van der Waals surface area contributed by atoms with E-state index in [0.29, 0.717) is 13.0 Å². The van der Waals surface area contributed by atoms with E-state index in [1.165, 1.54) is 0 Å². The van der Waals surface area contributed by atoms with Crippen LogP contribution in [0.1, 0.15) is 40.0 Å². The van der Waals surface area contributed by atoms with Crippen LogP contribution < -0.4 is 0 Å². The van der Waals surface area contributed by atoms with E-state index in [4.69, 9.17) is 5.26 Å². The van der Waals surface area contributed by atoms with E-state index in [1.807, 2.05) is 25.7 Å². The molecule has 1 amide bonds. The summed E-state index contributed by atoms with van der Waals surface area (Å²) in [7, 11) is 0. The molecule has 1 aliphatic rings. The van der Waals surface area contributed by atoms with Crippen LogP contribution in [0.3, 0.4) is 0 Å². The number of amides is 1. The van der Waals surface area contributed by atoms with E-state index in [-0.39, 0.29) is 16.7 Å². The molecule has 0 aromatic carbocycles. The van der Waals surface area contributed by atoms with Crippen molar-refractivity contribution in [3.05, 3.63) is 0 Å². The average molecular weight is 240 g/mol. The zero-order chi connectivity index (χ0) is 12.2. The molecule has 1 aliphatic heterocycles. The van der Waals surface area contributed by atoms with Crippen LogP contribution in [0.25, 0.3) is 0 Å². The molecule has 1 heterocycles. The van der Waals surface area contributed by atoms with Gasteiger partial charge in [0.25, 0.3) is 0 Å². The van der Waals surface area contributed by atoms with E-state index < -0.39 is 0 Å². The third-order valence-electron chi connectivity index (χ3n) is 3.02. The fourth-order valence-electron chi connectivity index (χ4n) is 2.02. The van der Waals surface area contributed by atoms with Gasteiger partial charge in [-0.05, 0) is 39.4 Å². The summed E-state index contributed by atoms with van der Waals surface area (Å²) < 4.78 is -0.250. The highest BCUT2D eigenvalue weighted by molar-refractivity contribution is 8.01. The molecule has 1 rings (SSSR count). The summed E-state index contributed by atoms with van der Waals surface area (Å²) in [6, 6.07) is 2.29. The van der Waals surface area contributed by atoms with Crippen molar-refractivity contribution in [3.8, 4) is 6.07 Å². The van der Waals surface area contributed by atoms with Crippen molar-refractivity contribution in [2.75, 3.05) is 12.3 Å². The normalized spacial score (nSPS) is 24.4. The Labute approximate surface area is 102 Å². The quantitative estimate of drug-likeness (QED) is 0.758. The zero-order valence-corrected chi connectivity index (χ0v) is 11.1. The lowest BCUT2D eigenvalue weighted by molar-refractivity contribution is -0.135. The smallest absolute Gasteiger partial charge is 0.238 e. The van der Waals surface area contributed by atoms with Gasteiger partial charge in [-0.15, -0.1) is 11.8 Å². The lowest BCUT2D eigenvalue weighted by atomic mass is 10.0. The summed E-state index contributed by atoms with van der Waals surface area (Å²) in [5.41, 5.74) is 0. The summed E-state index contributed by atoms with van der Waals surface area (Å²) in [4.78, 5) is 14.3. The van der Waals surface area contributed by atoms with Gasteiger partial charge in [-0.2, -0.15) is 5.26 Å². The van der Waals surface area contributed by atoms with Crippen LogP contribution in [0.15, 0.2) is 0 Å². The first-order chi connectivity index (χ1) is 7.51. The van der Waals surface area contributed by atoms with Crippen LogP contribution in [0.2, 0.25) is 0 Å². The van der Waals surface area contributed by atoms with Crippen molar-refractivity contribution in [3.63, 3.8) is 0 Å². The standard InChI is InChI=1S/C12H20N2OS/c1-10(2)14(8-5-7-13)11(15)12(3)6-4-9-16-12/h10H,4-6,8-9H2,1-3H3. The maximum absolute atomic E-state index is 12.4. The highest BCUT2D eigenvalue weighted by atomic mass is 32.2. The minimum absolute atomic E-state index is 0.180. The van der Waals surface area contributed by atoms with Gasteiger partial charge >= 0.3 is 0 Å². The molecular weight excluding hydrogens is 220 g/mol. The number of carbonyl (C=O) groups is 1. The monoisotopic (exact) mass is 240 g/mol. The van der Waals surface area contributed by atoms with E-state index in [1.54, 1.807) is 11.8 Å². The molecule has 1 unspecified atom stereocenters. The van der Waals surface area contributed by atoms with Crippen molar-refractivity contribution in [2.24, 2.45) is 0 Å². The van der Waals surface area contributed by atoms with Crippen molar-refractivity contribution < 1.29 is 4.79 Å². The van der Waals surface area contributed by atoms with Crippen LogP contribution in [-0.4, -0.2) is 33.9 Å². The Kier molecular flexibility index (Phi) is 4.67. The zero-order valence-electron chi connectivity index (χ0n) is 10.3. The van der Waals surface area contributed by atoms with Crippen molar-refractivity contribution in [1.29, 1.82) is 5.26 Å². The molecule has 4 heteroatoms. The molecule has 0 radical (unpaired) electrons. The predicted octanol–water partition coefficient (Wildman–Crippen LogP) is 2.42. The number of carbonyl (C=O) groups excluding carboxylic acids is 1. The average Bonchev–Trinajstić information content (AvgIpc) is 2.66. The Morgan fingerprint density at radius 3 is 2.75 bits per heavy atom. The third kappa shape index (κ3) is 2.91. The van der Waals surface area contributed by atoms with Gasteiger partial charge in [-0.25, -0.2) is 0 Å². The summed E-state index contributed by atoms with van der Waals surface area (Å²) in [5.74, 6) is 1.28. The third-order valence-corrected chi connectivity index (χ3v) is 4.53. The highest BCUT2D eigenvalue weighted by Gasteiger charge is 2.40. The molecule has 1 atom stereocenters. The molecule has 1 saturated heterocycles. The van der Waals surface area contributed by atoms with E-state index in [2.05, 4.69) is 6.07 Å². The first-order valence-electron chi connectivity index (χ1n) is 5.83. The first kappa shape index (κ1) is 13.4. The van der Waals surface area contributed by atoms with E-state index in [0.717, 1.165) is 18.6 Å². The molecule has 90 valence electrons.